The lowest BCUT2D eigenvalue weighted by Gasteiger charge is -2.08. The van der Waals surface area contributed by atoms with Crippen LogP contribution in [0.5, 0.6) is 5.75 Å². The van der Waals surface area contributed by atoms with Crippen molar-refractivity contribution in [2.24, 2.45) is 0 Å². The predicted octanol–water partition coefficient (Wildman–Crippen LogP) is 4.52. The van der Waals surface area contributed by atoms with Crippen LogP contribution in [0.15, 0.2) is 48.8 Å². The third-order valence-corrected chi connectivity index (χ3v) is 3.43. The molecular weight excluding hydrogens is 295 g/mol. The molecule has 0 unspecified atom stereocenters. The van der Waals surface area contributed by atoms with Gasteiger partial charge in [-0.3, -0.25) is 4.98 Å². The number of ether oxygens (including phenoxy) is 1. The van der Waals surface area contributed by atoms with E-state index in [9.17, 15) is 0 Å². The molecule has 0 fully saturated rings. The number of nitrogens with zero attached hydrogens (tertiary/aromatic N) is 2. The first kappa shape index (κ1) is 13.2. The molecule has 0 amide bonds. The fourth-order valence-corrected chi connectivity index (χ4v) is 2.26. The van der Waals surface area contributed by atoms with E-state index in [0.29, 0.717) is 16.8 Å². The molecule has 0 aliphatic carbocycles. The standard InChI is InChI=1S/C15H10Cl2N2O/c16-13-7-15(17)19-8-11(13)9-20-12-4-3-10-2-1-5-18-14(10)6-12/h1-8H,9H2. The highest BCUT2D eigenvalue weighted by Gasteiger charge is 2.04. The molecule has 0 radical (unpaired) electrons. The molecule has 0 aliphatic rings. The van der Waals surface area contributed by atoms with Crippen LogP contribution in [0, 0.1) is 0 Å². The molecule has 0 N–H and O–H groups in total. The van der Waals surface area contributed by atoms with Crippen molar-refractivity contribution >= 4 is 34.1 Å². The summed E-state index contributed by atoms with van der Waals surface area (Å²) in [7, 11) is 0. The first-order valence-corrected chi connectivity index (χ1v) is 6.75. The Labute approximate surface area is 126 Å². The molecule has 2 aromatic heterocycles. The van der Waals surface area contributed by atoms with Crippen molar-refractivity contribution in [2.45, 2.75) is 6.61 Å². The van der Waals surface area contributed by atoms with Gasteiger partial charge in [-0.2, -0.15) is 0 Å². The molecular formula is C15H10Cl2N2O. The SMILES string of the molecule is Clc1cc(Cl)c(COc2ccc3cccnc3c2)cn1. The van der Waals surface area contributed by atoms with E-state index < -0.39 is 0 Å². The highest BCUT2D eigenvalue weighted by molar-refractivity contribution is 6.34. The lowest BCUT2D eigenvalue weighted by molar-refractivity contribution is 0.306. The van der Waals surface area contributed by atoms with Crippen LogP contribution in [0.4, 0.5) is 0 Å². The minimum atomic E-state index is 0.335. The summed E-state index contributed by atoms with van der Waals surface area (Å²) in [5.74, 6) is 0.738. The minimum Gasteiger partial charge on any atom is -0.489 e. The van der Waals surface area contributed by atoms with Crippen molar-refractivity contribution in [1.82, 2.24) is 9.97 Å². The smallest absolute Gasteiger partial charge is 0.130 e. The van der Waals surface area contributed by atoms with Gasteiger partial charge >= 0.3 is 0 Å². The Balaban J connectivity index is 1.79. The summed E-state index contributed by atoms with van der Waals surface area (Å²) in [5, 5.41) is 1.99. The van der Waals surface area contributed by atoms with Gasteiger partial charge in [0.25, 0.3) is 0 Å². The van der Waals surface area contributed by atoms with Gasteiger partial charge in [-0.15, -0.1) is 0 Å². The summed E-state index contributed by atoms with van der Waals surface area (Å²) in [6, 6.07) is 11.3. The third-order valence-electron chi connectivity index (χ3n) is 2.87. The van der Waals surface area contributed by atoms with Crippen molar-refractivity contribution in [3.05, 3.63) is 64.5 Å². The molecule has 2 heterocycles. The molecule has 0 spiro atoms. The minimum absolute atomic E-state index is 0.335. The van der Waals surface area contributed by atoms with Crippen LogP contribution < -0.4 is 4.74 Å². The van der Waals surface area contributed by atoms with Crippen LogP contribution in [0.25, 0.3) is 10.9 Å². The summed E-state index contributed by atoms with van der Waals surface area (Å²) in [6.07, 6.45) is 3.37. The van der Waals surface area contributed by atoms with Gasteiger partial charge in [0, 0.05) is 29.4 Å². The number of halogens is 2. The van der Waals surface area contributed by atoms with E-state index in [1.54, 1.807) is 18.5 Å². The van der Waals surface area contributed by atoms with E-state index in [0.717, 1.165) is 22.2 Å². The highest BCUT2D eigenvalue weighted by Crippen LogP contribution is 2.22. The van der Waals surface area contributed by atoms with Crippen LogP contribution in [0.2, 0.25) is 10.2 Å². The average Bonchev–Trinajstić information content (AvgIpc) is 2.46. The number of hydrogen-bond donors (Lipinski definition) is 0. The number of pyridine rings is 2. The molecule has 3 rings (SSSR count). The molecule has 0 aliphatic heterocycles. The zero-order chi connectivity index (χ0) is 13.9. The van der Waals surface area contributed by atoms with Gasteiger partial charge in [-0.05, 0) is 24.3 Å². The highest BCUT2D eigenvalue weighted by atomic mass is 35.5. The van der Waals surface area contributed by atoms with E-state index >= 15 is 0 Å². The largest absolute Gasteiger partial charge is 0.489 e. The number of benzene rings is 1. The van der Waals surface area contributed by atoms with Crippen LogP contribution in [-0.2, 0) is 6.61 Å². The number of rotatable bonds is 3. The van der Waals surface area contributed by atoms with E-state index in [1.807, 2.05) is 30.3 Å². The molecule has 0 saturated heterocycles. The lowest BCUT2D eigenvalue weighted by atomic mass is 10.2. The van der Waals surface area contributed by atoms with Crippen molar-refractivity contribution < 1.29 is 4.74 Å². The van der Waals surface area contributed by atoms with Gasteiger partial charge in [0.15, 0.2) is 0 Å². The quantitative estimate of drug-likeness (QED) is 0.668. The second-order valence-corrected chi connectivity index (χ2v) is 5.04. The predicted molar refractivity (Wildman–Crippen MR) is 80.3 cm³/mol. The maximum absolute atomic E-state index is 6.07. The number of aromatic nitrogens is 2. The first-order chi connectivity index (χ1) is 9.72. The Morgan fingerprint density at radius 1 is 1.05 bits per heavy atom. The first-order valence-electron chi connectivity index (χ1n) is 6.00. The second-order valence-electron chi connectivity index (χ2n) is 4.25. The Morgan fingerprint density at radius 2 is 1.95 bits per heavy atom. The van der Waals surface area contributed by atoms with Gasteiger partial charge in [-0.1, -0.05) is 29.3 Å². The Bertz CT molecular complexity index is 762. The molecule has 3 aromatic rings. The van der Waals surface area contributed by atoms with E-state index in [4.69, 9.17) is 27.9 Å². The summed E-state index contributed by atoms with van der Waals surface area (Å²) in [6.45, 7) is 0.335. The van der Waals surface area contributed by atoms with Crippen LogP contribution in [0.1, 0.15) is 5.56 Å². The van der Waals surface area contributed by atoms with Crippen molar-refractivity contribution in [1.29, 1.82) is 0 Å². The Kier molecular flexibility index (Phi) is 3.72. The van der Waals surface area contributed by atoms with Crippen LogP contribution in [0.3, 0.4) is 0 Å². The fraction of sp³-hybridized carbons (Fsp3) is 0.0667. The molecule has 1 aromatic carbocycles. The van der Waals surface area contributed by atoms with Gasteiger partial charge in [-0.25, -0.2) is 4.98 Å². The molecule has 5 heteroatoms. The van der Waals surface area contributed by atoms with Crippen molar-refractivity contribution in [2.75, 3.05) is 0 Å². The average molecular weight is 305 g/mol. The van der Waals surface area contributed by atoms with Gasteiger partial charge in [0.2, 0.25) is 0 Å². The van der Waals surface area contributed by atoms with Crippen LogP contribution >= 0.6 is 23.2 Å². The van der Waals surface area contributed by atoms with E-state index in [2.05, 4.69) is 9.97 Å². The number of fused-ring (bicyclic) bond motifs is 1. The van der Waals surface area contributed by atoms with Gasteiger partial charge in [0.05, 0.1) is 10.5 Å². The summed E-state index contributed by atoms with van der Waals surface area (Å²) in [4.78, 5) is 8.28. The Hall–Kier alpha value is -1.84. The van der Waals surface area contributed by atoms with Crippen LogP contribution in [-0.4, -0.2) is 9.97 Å². The third kappa shape index (κ3) is 2.84. The molecule has 0 bridgehead atoms. The Morgan fingerprint density at radius 3 is 2.80 bits per heavy atom. The topological polar surface area (TPSA) is 35.0 Å². The van der Waals surface area contributed by atoms with Gasteiger partial charge in [0.1, 0.15) is 17.5 Å². The van der Waals surface area contributed by atoms with Crippen molar-refractivity contribution in [3.63, 3.8) is 0 Å². The molecule has 0 saturated carbocycles. The maximum Gasteiger partial charge on any atom is 0.130 e. The monoisotopic (exact) mass is 304 g/mol. The zero-order valence-corrected chi connectivity index (χ0v) is 11.9. The lowest BCUT2D eigenvalue weighted by Crippen LogP contribution is -1.97. The molecule has 0 atom stereocenters. The van der Waals surface area contributed by atoms with Gasteiger partial charge < -0.3 is 4.74 Å². The molecule has 3 nitrogen and oxygen atoms in total. The summed E-state index contributed by atoms with van der Waals surface area (Å²) < 4.78 is 5.71. The molecule has 100 valence electrons. The zero-order valence-electron chi connectivity index (χ0n) is 10.4. The fourth-order valence-electron chi connectivity index (χ4n) is 1.84. The number of hydrogen-bond acceptors (Lipinski definition) is 3. The summed E-state index contributed by atoms with van der Waals surface area (Å²) >= 11 is 11.8. The van der Waals surface area contributed by atoms with E-state index in [-0.39, 0.29) is 0 Å². The van der Waals surface area contributed by atoms with Crippen molar-refractivity contribution in [3.8, 4) is 5.75 Å². The molecule has 20 heavy (non-hydrogen) atoms. The normalized spacial score (nSPS) is 10.7. The summed E-state index contributed by atoms with van der Waals surface area (Å²) in [5.41, 5.74) is 1.68. The van der Waals surface area contributed by atoms with E-state index in [1.165, 1.54) is 0 Å². The second kappa shape index (κ2) is 5.65. The maximum atomic E-state index is 6.07.